The summed E-state index contributed by atoms with van der Waals surface area (Å²) in [5.74, 6) is -0.0801. The topological polar surface area (TPSA) is 38.3 Å². The summed E-state index contributed by atoms with van der Waals surface area (Å²) in [5.41, 5.74) is 3.96. The summed E-state index contributed by atoms with van der Waals surface area (Å²) in [7, 11) is 0. The fourth-order valence-corrected chi connectivity index (χ4v) is 4.38. The van der Waals surface area contributed by atoms with Crippen LogP contribution in [-0.2, 0) is 17.5 Å². The monoisotopic (exact) mass is 475 g/mol. The number of benzene rings is 3. The molecule has 3 aromatic rings. The average Bonchev–Trinajstić information content (AvgIpc) is 3.04. The van der Waals surface area contributed by atoms with Crippen molar-refractivity contribution in [2.45, 2.75) is 18.6 Å². The van der Waals surface area contributed by atoms with Crippen LogP contribution in [0, 0.1) is 0 Å². The smallest absolute Gasteiger partial charge is 0.417 e. The van der Waals surface area contributed by atoms with Gasteiger partial charge in [-0.1, -0.05) is 60.7 Å². The molecule has 30 heavy (non-hydrogen) atoms. The molecule has 0 saturated heterocycles. The first-order valence-corrected chi connectivity index (χ1v) is 10.1. The highest BCUT2D eigenvalue weighted by molar-refractivity contribution is 9.10. The minimum Gasteiger partial charge on any atom is -0.449 e. The van der Waals surface area contributed by atoms with E-state index in [-0.39, 0.29) is 23.5 Å². The number of rotatable bonds is 4. The third-order valence-electron chi connectivity index (χ3n) is 5.15. The Morgan fingerprint density at radius 1 is 0.933 bits per heavy atom. The van der Waals surface area contributed by atoms with Crippen molar-refractivity contribution >= 4 is 22.0 Å². The minimum atomic E-state index is -4.47. The fourth-order valence-electron chi connectivity index (χ4n) is 3.75. The summed E-state index contributed by atoms with van der Waals surface area (Å²) >= 11 is 2.98. The van der Waals surface area contributed by atoms with E-state index in [1.807, 2.05) is 48.5 Å². The number of ether oxygens (including phenoxy) is 1. The number of carbonyl (C=O) groups is 1. The number of alkyl carbamates (subject to hydrolysis) is 1. The molecule has 1 aliphatic carbocycles. The first-order valence-electron chi connectivity index (χ1n) is 9.29. The molecule has 0 bridgehead atoms. The molecule has 3 nitrogen and oxygen atoms in total. The van der Waals surface area contributed by atoms with Crippen LogP contribution in [-0.4, -0.2) is 12.7 Å². The van der Waals surface area contributed by atoms with Gasteiger partial charge in [0.05, 0.1) is 5.56 Å². The van der Waals surface area contributed by atoms with Gasteiger partial charge < -0.3 is 10.1 Å². The number of alkyl halides is 3. The molecule has 0 atom stereocenters. The molecular weight excluding hydrogens is 459 g/mol. The van der Waals surface area contributed by atoms with Gasteiger partial charge in [-0.25, -0.2) is 4.79 Å². The second-order valence-electron chi connectivity index (χ2n) is 6.96. The fraction of sp³-hybridized carbons (Fsp3) is 0.174. The third kappa shape index (κ3) is 3.94. The van der Waals surface area contributed by atoms with Gasteiger partial charge in [-0.05, 0) is 49.8 Å². The molecule has 0 aromatic heterocycles. The van der Waals surface area contributed by atoms with Crippen LogP contribution in [0.5, 0.6) is 0 Å². The number of hydrogen-bond donors (Lipinski definition) is 1. The number of hydrogen-bond acceptors (Lipinski definition) is 2. The van der Waals surface area contributed by atoms with Crippen molar-refractivity contribution in [3.05, 3.63) is 93.5 Å². The van der Waals surface area contributed by atoms with E-state index < -0.39 is 17.8 Å². The van der Waals surface area contributed by atoms with E-state index in [4.69, 9.17) is 4.74 Å². The first kappa shape index (κ1) is 20.5. The molecule has 154 valence electrons. The van der Waals surface area contributed by atoms with Crippen LogP contribution in [0.25, 0.3) is 11.1 Å². The number of carbonyl (C=O) groups excluding carboxylic acids is 1. The Kier molecular flexibility index (Phi) is 5.56. The zero-order valence-electron chi connectivity index (χ0n) is 15.7. The Labute approximate surface area is 180 Å². The predicted molar refractivity (Wildman–Crippen MR) is 111 cm³/mol. The standard InChI is InChI=1S/C23H17BrF3NO2/c24-21-14(6-5-11-20(21)23(25,26)27)12-28-22(29)30-13-19-17-9-3-1-7-15(17)16-8-2-4-10-18(16)19/h1-11,19H,12-13H2,(H,28,29). The van der Waals surface area contributed by atoms with Crippen molar-refractivity contribution < 1.29 is 22.7 Å². The Morgan fingerprint density at radius 3 is 2.13 bits per heavy atom. The van der Waals surface area contributed by atoms with Gasteiger partial charge in [-0.15, -0.1) is 0 Å². The molecule has 0 radical (unpaired) electrons. The van der Waals surface area contributed by atoms with Gasteiger partial charge in [0.2, 0.25) is 0 Å². The molecule has 4 rings (SSSR count). The molecule has 0 spiro atoms. The predicted octanol–water partition coefficient (Wildman–Crippen LogP) is 6.51. The first-order chi connectivity index (χ1) is 14.4. The van der Waals surface area contributed by atoms with E-state index in [1.165, 1.54) is 12.1 Å². The lowest BCUT2D eigenvalue weighted by atomic mass is 9.98. The highest BCUT2D eigenvalue weighted by atomic mass is 79.9. The Hall–Kier alpha value is -2.80. The van der Waals surface area contributed by atoms with Gasteiger partial charge in [0.1, 0.15) is 6.61 Å². The number of fused-ring (bicyclic) bond motifs is 3. The van der Waals surface area contributed by atoms with Gasteiger partial charge in [-0.3, -0.25) is 0 Å². The van der Waals surface area contributed by atoms with Gasteiger partial charge in [0, 0.05) is 16.9 Å². The molecule has 1 aliphatic rings. The zero-order valence-corrected chi connectivity index (χ0v) is 17.3. The second-order valence-corrected chi connectivity index (χ2v) is 7.75. The van der Waals surface area contributed by atoms with E-state index in [9.17, 15) is 18.0 Å². The average molecular weight is 476 g/mol. The zero-order chi connectivity index (χ0) is 21.3. The second kappa shape index (κ2) is 8.14. The highest BCUT2D eigenvalue weighted by Gasteiger charge is 2.33. The van der Waals surface area contributed by atoms with Gasteiger partial charge in [-0.2, -0.15) is 13.2 Å². The summed E-state index contributed by atoms with van der Waals surface area (Å²) in [4.78, 5) is 12.2. The molecule has 1 amide bonds. The molecule has 0 fully saturated rings. The molecule has 0 aliphatic heterocycles. The van der Waals surface area contributed by atoms with Crippen LogP contribution in [0.1, 0.15) is 28.2 Å². The molecule has 0 heterocycles. The maximum atomic E-state index is 13.0. The van der Waals surface area contributed by atoms with Crippen LogP contribution in [0.3, 0.4) is 0 Å². The van der Waals surface area contributed by atoms with Gasteiger partial charge in [0.25, 0.3) is 0 Å². The lowest BCUT2D eigenvalue weighted by Gasteiger charge is -2.15. The Balaban J connectivity index is 1.42. The maximum absolute atomic E-state index is 13.0. The van der Waals surface area contributed by atoms with Gasteiger partial charge in [0.15, 0.2) is 0 Å². The van der Waals surface area contributed by atoms with Crippen molar-refractivity contribution in [3.63, 3.8) is 0 Å². The normalized spacial score (nSPS) is 12.9. The van der Waals surface area contributed by atoms with E-state index in [0.717, 1.165) is 28.3 Å². The summed E-state index contributed by atoms with van der Waals surface area (Å²) in [6.45, 7) is 0.0603. The third-order valence-corrected chi connectivity index (χ3v) is 6.09. The maximum Gasteiger partial charge on any atom is 0.417 e. The molecule has 0 unspecified atom stereocenters. The van der Waals surface area contributed by atoms with E-state index in [2.05, 4.69) is 21.2 Å². The van der Waals surface area contributed by atoms with Crippen molar-refractivity contribution in [1.29, 1.82) is 0 Å². The quantitative estimate of drug-likeness (QED) is 0.467. The lowest BCUT2D eigenvalue weighted by molar-refractivity contribution is -0.138. The Morgan fingerprint density at radius 2 is 1.53 bits per heavy atom. The number of amides is 1. The highest BCUT2D eigenvalue weighted by Crippen LogP contribution is 2.44. The summed E-state index contributed by atoms with van der Waals surface area (Å²) in [6, 6.07) is 19.8. The SMILES string of the molecule is O=C(NCc1cccc(C(F)(F)F)c1Br)OCC1c2ccccc2-c2ccccc21. The molecule has 3 aromatic carbocycles. The molecule has 1 N–H and O–H groups in total. The summed E-state index contributed by atoms with van der Waals surface area (Å²) in [5, 5.41) is 2.53. The van der Waals surface area contributed by atoms with E-state index in [0.29, 0.717) is 5.56 Å². The summed E-state index contributed by atoms with van der Waals surface area (Å²) in [6.07, 6.45) is -5.15. The van der Waals surface area contributed by atoms with Crippen molar-refractivity contribution in [2.24, 2.45) is 0 Å². The molecule has 7 heteroatoms. The lowest BCUT2D eigenvalue weighted by Crippen LogP contribution is -2.26. The van der Waals surface area contributed by atoms with Crippen molar-refractivity contribution in [3.8, 4) is 11.1 Å². The number of nitrogens with one attached hydrogen (secondary N) is 1. The number of halogens is 4. The van der Waals surface area contributed by atoms with Crippen LogP contribution in [0.15, 0.2) is 71.2 Å². The van der Waals surface area contributed by atoms with Crippen molar-refractivity contribution in [2.75, 3.05) is 6.61 Å². The van der Waals surface area contributed by atoms with Crippen LogP contribution in [0.2, 0.25) is 0 Å². The van der Waals surface area contributed by atoms with Crippen LogP contribution < -0.4 is 5.32 Å². The largest absolute Gasteiger partial charge is 0.449 e. The van der Waals surface area contributed by atoms with Crippen LogP contribution in [0.4, 0.5) is 18.0 Å². The summed E-state index contributed by atoms with van der Waals surface area (Å²) < 4.78 is 44.4. The molecular formula is C23H17BrF3NO2. The Bertz CT molecular complexity index is 1050. The van der Waals surface area contributed by atoms with E-state index >= 15 is 0 Å². The van der Waals surface area contributed by atoms with Crippen LogP contribution >= 0.6 is 15.9 Å². The van der Waals surface area contributed by atoms with Crippen molar-refractivity contribution in [1.82, 2.24) is 5.32 Å². The molecule has 0 saturated carbocycles. The minimum absolute atomic E-state index is 0.0801. The van der Waals surface area contributed by atoms with Gasteiger partial charge >= 0.3 is 12.3 Å². The van der Waals surface area contributed by atoms with E-state index in [1.54, 1.807) is 0 Å².